The molecule has 58 heavy (non-hydrogen) atoms. The topological polar surface area (TPSA) is 314 Å². The summed E-state index contributed by atoms with van der Waals surface area (Å²) in [6.07, 6.45) is 0. The number of aromatic hydroxyl groups is 1. The summed E-state index contributed by atoms with van der Waals surface area (Å²) in [5.74, 6) is -1.86. The minimum absolute atomic E-state index is 0.0736. The molecule has 6 rings (SSSR count). The predicted molar refractivity (Wildman–Crippen MR) is 210 cm³/mol. The van der Waals surface area contributed by atoms with Crippen molar-refractivity contribution < 1.29 is 56.6 Å². The van der Waals surface area contributed by atoms with Gasteiger partial charge in [0.05, 0.1) is 27.8 Å². The van der Waals surface area contributed by atoms with Crippen LogP contribution in [-0.2, 0) is 44.7 Å². The molecule has 304 valence electrons. The van der Waals surface area contributed by atoms with Gasteiger partial charge in [0.25, 0.3) is 20.2 Å². The highest BCUT2D eigenvalue weighted by atomic mass is 35.5. The van der Waals surface area contributed by atoms with Gasteiger partial charge in [0.1, 0.15) is 16.3 Å². The molecule has 0 aliphatic heterocycles. The van der Waals surface area contributed by atoms with Gasteiger partial charge in [0.15, 0.2) is 15.6 Å². The lowest BCUT2D eigenvalue weighted by Gasteiger charge is -2.15. The summed E-state index contributed by atoms with van der Waals surface area (Å²) in [5, 5.41) is 25.6. The maximum Gasteiger partial charge on any atom is 0.397 e. The Labute approximate surface area is 335 Å². The van der Waals surface area contributed by atoms with E-state index in [1.54, 1.807) is 25.1 Å². The molecule has 0 saturated heterocycles. The molecule has 6 aromatic rings. The lowest BCUT2D eigenvalue weighted by Crippen LogP contribution is -2.15. The summed E-state index contributed by atoms with van der Waals surface area (Å²) < 4.78 is 129. The van der Waals surface area contributed by atoms with Gasteiger partial charge < -0.3 is 15.7 Å². The van der Waals surface area contributed by atoms with E-state index >= 15 is 0 Å². The number of fused-ring (bicyclic) bond motifs is 2. The van der Waals surface area contributed by atoms with Gasteiger partial charge in [-0.1, -0.05) is 24.3 Å². The number of sulfone groups is 1. The molecule has 0 radical (unpaired) electrons. The van der Waals surface area contributed by atoms with Crippen LogP contribution in [0.3, 0.4) is 0 Å². The van der Waals surface area contributed by atoms with Crippen molar-refractivity contribution in [1.82, 2.24) is 15.0 Å². The second-order valence-corrected chi connectivity index (χ2v) is 18.6. The van der Waals surface area contributed by atoms with E-state index < -0.39 is 68.4 Å². The van der Waals surface area contributed by atoms with Gasteiger partial charge in [-0.05, 0) is 95.9 Å². The number of aromatic nitrogens is 3. The number of hydrogen-bond acceptors (Lipinski definition) is 17. The van der Waals surface area contributed by atoms with Crippen molar-refractivity contribution in [2.75, 3.05) is 23.0 Å². The standard InChI is InChI=1S/C33H28ClN7O13S4/c1-17-4-3-5-24-23(17)10-11-25(30(24)57(48,49)50)40-41-28-18(2)14-19-15-22(56(45,46)47)16-26(27(19)29(28)42)36-33-38-31(34)37-32(39-33)35-20-6-8-21(9-7-20)55(43,44)13-12-54-58(51,52)53/h3-11,14-16,42H,12-13H2,1-2H3,(H,45,46,47)(H,48,49,50)(H,51,52,53)(H2,35,36,37,38,39). The number of phenols is 1. The summed E-state index contributed by atoms with van der Waals surface area (Å²) in [6.45, 7) is 2.43. The third kappa shape index (κ3) is 9.46. The maximum absolute atomic E-state index is 12.5. The second kappa shape index (κ2) is 15.7. The molecule has 0 atom stereocenters. The van der Waals surface area contributed by atoms with Crippen LogP contribution in [0.1, 0.15) is 11.1 Å². The minimum Gasteiger partial charge on any atom is -0.505 e. The van der Waals surface area contributed by atoms with Crippen molar-refractivity contribution >= 4 is 108 Å². The number of anilines is 4. The van der Waals surface area contributed by atoms with E-state index in [4.69, 9.17) is 16.2 Å². The highest BCUT2D eigenvalue weighted by Crippen LogP contribution is 2.44. The molecule has 0 saturated carbocycles. The van der Waals surface area contributed by atoms with Crippen LogP contribution in [0.2, 0.25) is 5.28 Å². The molecular formula is C33H28ClN7O13S4. The van der Waals surface area contributed by atoms with Crippen molar-refractivity contribution in [3.05, 3.63) is 89.2 Å². The van der Waals surface area contributed by atoms with Crippen molar-refractivity contribution in [1.29, 1.82) is 0 Å². The van der Waals surface area contributed by atoms with Crippen LogP contribution in [0.5, 0.6) is 5.75 Å². The molecule has 0 spiro atoms. The Bertz CT molecular complexity index is 3130. The first-order valence-corrected chi connectivity index (χ1v) is 22.4. The van der Waals surface area contributed by atoms with Gasteiger partial charge in [0, 0.05) is 16.5 Å². The zero-order valence-corrected chi connectivity index (χ0v) is 33.6. The molecule has 0 unspecified atom stereocenters. The number of aryl methyl sites for hydroxylation is 2. The van der Waals surface area contributed by atoms with E-state index in [0.29, 0.717) is 5.39 Å². The van der Waals surface area contributed by atoms with Crippen molar-refractivity contribution in [2.24, 2.45) is 10.2 Å². The average molecular weight is 894 g/mol. The van der Waals surface area contributed by atoms with Gasteiger partial charge in [-0.3, -0.25) is 13.7 Å². The smallest absolute Gasteiger partial charge is 0.397 e. The van der Waals surface area contributed by atoms with E-state index in [2.05, 4.69) is 40.0 Å². The number of azo groups is 1. The maximum atomic E-state index is 12.5. The Kier molecular flexibility index (Phi) is 11.4. The van der Waals surface area contributed by atoms with Gasteiger partial charge in [-0.25, -0.2) is 12.6 Å². The third-order valence-corrected chi connectivity index (χ3v) is 12.4. The number of rotatable bonds is 13. The summed E-state index contributed by atoms with van der Waals surface area (Å²) in [5.41, 5.74) is 0.571. The highest BCUT2D eigenvalue weighted by molar-refractivity contribution is 7.91. The Morgan fingerprint density at radius 2 is 1.40 bits per heavy atom. The number of nitrogens with one attached hydrogen (secondary N) is 2. The van der Waals surface area contributed by atoms with Crippen molar-refractivity contribution in [2.45, 2.75) is 28.5 Å². The Morgan fingerprint density at radius 1 is 0.724 bits per heavy atom. The molecule has 25 heteroatoms. The quantitative estimate of drug-likeness (QED) is 0.0560. The Hall–Kier alpha value is -5.44. The number of hydrogen-bond donors (Lipinski definition) is 6. The molecule has 1 aromatic heterocycles. The number of benzene rings is 5. The molecular weight excluding hydrogens is 866 g/mol. The van der Waals surface area contributed by atoms with E-state index in [9.17, 15) is 47.9 Å². The van der Waals surface area contributed by atoms with E-state index in [1.807, 2.05) is 0 Å². The van der Waals surface area contributed by atoms with Gasteiger partial charge in [-0.15, -0.1) is 10.2 Å². The lowest BCUT2D eigenvalue weighted by molar-refractivity contribution is 0.284. The average Bonchev–Trinajstić information content (AvgIpc) is 3.09. The molecule has 20 nitrogen and oxygen atoms in total. The van der Waals surface area contributed by atoms with E-state index in [-0.39, 0.29) is 66.5 Å². The molecule has 0 aliphatic rings. The minimum atomic E-state index is -4.84. The second-order valence-electron chi connectivity index (χ2n) is 12.3. The first-order valence-electron chi connectivity index (χ1n) is 16.1. The van der Waals surface area contributed by atoms with Crippen molar-refractivity contribution in [3.63, 3.8) is 0 Å². The number of halogens is 1. The van der Waals surface area contributed by atoms with Crippen molar-refractivity contribution in [3.8, 4) is 5.75 Å². The molecule has 0 aliphatic carbocycles. The van der Waals surface area contributed by atoms with Crippen LogP contribution in [0.4, 0.5) is 34.6 Å². The Balaban J connectivity index is 1.37. The fraction of sp³-hybridized carbons (Fsp3) is 0.121. The number of nitrogens with zero attached hydrogens (tertiary/aromatic N) is 5. The summed E-state index contributed by atoms with van der Waals surface area (Å²) in [4.78, 5) is 10.8. The molecule has 0 amide bonds. The first-order chi connectivity index (χ1) is 27.0. The third-order valence-electron chi connectivity index (χ3n) is 8.28. The van der Waals surface area contributed by atoms with Gasteiger partial charge >= 0.3 is 10.4 Å². The van der Waals surface area contributed by atoms with Gasteiger partial charge in [-0.2, -0.15) is 40.2 Å². The largest absolute Gasteiger partial charge is 0.505 e. The first kappa shape index (κ1) is 42.2. The zero-order valence-electron chi connectivity index (χ0n) is 29.6. The SMILES string of the molecule is Cc1cc2cc(S(=O)(=O)O)cc(Nc3nc(Cl)nc(Nc4ccc(S(=O)(=O)CCOS(=O)(=O)O)cc4)n3)c2c(O)c1N=Nc1ccc2c(C)cccc2c1S(=O)(=O)O. The molecule has 5 aromatic carbocycles. The number of phenolic OH excluding ortho intramolecular Hbond substituents is 1. The van der Waals surface area contributed by atoms with Crippen LogP contribution >= 0.6 is 11.6 Å². The fourth-order valence-electron chi connectivity index (χ4n) is 5.75. The highest BCUT2D eigenvalue weighted by Gasteiger charge is 2.23. The molecule has 0 fully saturated rings. The van der Waals surface area contributed by atoms with Crippen LogP contribution < -0.4 is 10.6 Å². The Morgan fingerprint density at radius 3 is 2.03 bits per heavy atom. The predicted octanol–water partition coefficient (Wildman–Crippen LogP) is 6.14. The zero-order chi connectivity index (χ0) is 42.4. The molecule has 0 bridgehead atoms. The summed E-state index contributed by atoms with van der Waals surface area (Å²) in [6, 6.07) is 16.2. The van der Waals surface area contributed by atoms with Crippen LogP contribution in [0, 0.1) is 13.8 Å². The van der Waals surface area contributed by atoms with Crippen LogP contribution in [0.25, 0.3) is 21.5 Å². The van der Waals surface area contributed by atoms with E-state index in [0.717, 1.165) is 17.7 Å². The lowest BCUT2D eigenvalue weighted by atomic mass is 10.0. The fourth-order valence-corrected chi connectivity index (χ4v) is 8.77. The van der Waals surface area contributed by atoms with Crippen LogP contribution in [0.15, 0.2) is 97.7 Å². The normalized spacial score (nSPS) is 12.7. The molecule has 6 N–H and O–H groups in total. The van der Waals surface area contributed by atoms with E-state index in [1.165, 1.54) is 49.4 Å². The van der Waals surface area contributed by atoms with Crippen LogP contribution in [-0.4, -0.2) is 79.7 Å². The monoisotopic (exact) mass is 893 g/mol. The van der Waals surface area contributed by atoms with Gasteiger partial charge in [0.2, 0.25) is 17.2 Å². The summed E-state index contributed by atoms with van der Waals surface area (Å²) in [7, 11) is -18.5. The molecule has 1 heterocycles. The summed E-state index contributed by atoms with van der Waals surface area (Å²) >= 11 is 6.17.